The van der Waals surface area contributed by atoms with Gasteiger partial charge in [-0.25, -0.2) is 4.39 Å². The number of nitrogens with one attached hydrogen (secondary N) is 1. The second-order valence-corrected chi connectivity index (χ2v) is 9.19. The Morgan fingerprint density at radius 2 is 1.97 bits per heavy atom. The zero-order chi connectivity index (χ0) is 22.1. The topological polar surface area (TPSA) is 95.9 Å². The molecule has 3 rings (SSSR count). The van der Waals surface area contributed by atoms with E-state index in [0.717, 1.165) is 0 Å². The smallest absolute Gasteiger partial charge is 0.309 e. The van der Waals surface area contributed by atoms with E-state index in [9.17, 15) is 23.9 Å². The number of carbonyl (C=O) groups is 3. The number of hydrogen-bond donors (Lipinski definition) is 2. The molecule has 1 atom stereocenters. The lowest BCUT2D eigenvalue weighted by molar-refractivity contribution is -0.161. The number of nitrogens with zero attached hydrogens (tertiary/aromatic N) is 1. The lowest BCUT2D eigenvalue weighted by Crippen LogP contribution is -2.46. The van der Waals surface area contributed by atoms with Crippen LogP contribution in [0.1, 0.15) is 64.4 Å². The van der Waals surface area contributed by atoms with Crippen molar-refractivity contribution in [1.82, 2.24) is 5.32 Å². The number of carbonyl (C=O) groups excluding carboxylic acids is 3. The summed E-state index contributed by atoms with van der Waals surface area (Å²) < 4.78 is 20.1. The third kappa shape index (κ3) is 5.36. The van der Waals surface area contributed by atoms with Gasteiger partial charge in [0.1, 0.15) is 11.4 Å². The number of rotatable bonds is 4. The van der Waals surface area contributed by atoms with Crippen LogP contribution in [0, 0.1) is 5.82 Å². The van der Waals surface area contributed by atoms with Gasteiger partial charge >= 0.3 is 5.97 Å². The molecule has 2 aliphatic rings. The van der Waals surface area contributed by atoms with Gasteiger partial charge in [-0.1, -0.05) is 6.07 Å². The minimum absolute atomic E-state index is 0.0883. The maximum absolute atomic E-state index is 14.8. The van der Waals surface area contributed by atoms with Gasteiger partial charge < -0.3 is 14.7 Å². The summed E-state index contributed by atoms with van der Waals surface area (Å²) in [6, 6.07) is 4.68. The van der Waals surface area contributed by atoms with Crippen molar-refractivity contribution in [2.45, 2.75) is 70.0 Å². The molecule has 164 valence electrons. The van der Waals surface area contributed by atoms with E-state index in [-0.39, 0.29) is 18.7 Å². The highest BCUT2D eigenvalue weighted by Gasteiger charge is 2.37. The van der Waals surface area contributed by atoms with Crippen LogP contribution in [0.25, 0.3) is 0 Å². The molecule has 0 radical (unpaired) electrons. The Labute approximate surface area is 175 Å². The summed E-state index contributed by atoms with van der Waals surface area (Å²) in [4.78, 5) is 37.2. The van der Waals surface area contributed by atoms with Crippen molar-refractivity contribution >= 4 is 23.5 Å². The number of halogens is 1. The number of ether oxygens (including phenoxy) is 1. The molecule has 8 heteroatoms. The van der Waals surface area contributed by atoms with Gasteiger partial charge in [0.15, 0.2) is 0 Å². The number of aliphatic hydroxyl groups is 1. The van der Waals surface area contributed by atoms with Crippen LogP contribution >= 0.6 is 0 Å². The number of esters is 1. The molecule has 0 spiro atoms. The van der Waals surface area contributed by atoms with Crippen molar-refractivity contribution in [2.24, 2.45) is 0 Å². The number of anilines is 1. The van der Waals surface area contributed by atoms with Crippen LogP contribution in [-0.2, 0) is 19.1 Å². The second-order valence-electron chi connectivity index (χ2n) is 9.19. The van der Waals surface area contributed by atoms with Gasteiger partial charge in [-0.05, 0) is 57.7 Å². The molecule has 0 aliphatic carbocycles. The van der Waals surface area contributed by atoms with Gasteiger partial charge in [0.25, 0.3) is 0 Å². The van der Waals surface area contributed by atoms with Crippen molar-refractivity contribution in [1.29, 1.82) is 0 Å². The van der Waals surface area contributed by atoms with Crippen LogP contribution in [0.15, 0.2) is 18.2 Å². The number of piperidine rings is 2. The van der Waals surface area contributed by atoms with Gasteiger partial charge in [0.05, 0.1) is 23.6 Å². The van der Waals surface area contributed by atoms with Crippen molar-refractivity contribution in [3.8, 4) is 0 Å². The summed E-state index contributed by atoms with van der Waals surface area (Å²) in [5.41, 5.74) is -0.839. The number of benzene rings is 1. The molecule has 2 saturated heterocycles. The highest BCUT2D eigenvalue weighted by atomic mass is 19.1. The standard InChI is InChI=1S/C22H29FN2O5/c1-21(2,3)30-19(27)13-22(29)8-10-25(11-9-22)17-6-4-14(12-16(17)23)15-5-7-18(26)24-20(15)28/h4,6,12,15,29H,5,7-11,13H2,1-3H3,(H,24,26,28). The Morgan fingerprint density at radius 3 is 2.53 bits per heavy atom. The van der Waals surface area contributed by atoms with Crippen LogP contribution in [-0.4, -0.2) is 47.2 Å². The van der Waals surface area contributed by atoms with Crippen molar-refractivity contribution in [3.63, 3.8) is 0 Å². The van der Waals surface area contributed by atoms with E-state index in [1.807, 2.05) is 4.90 Å². The first kappa shape index (κ1) is 22.2. The van der Waals surface area contributed by atoms with E-state index in [0.29, 0.717) is 43.6 Å². The molecular weight excluding hydrogens is 391 g/mol. The molecule has 2 aliphatic heterocycles. The lowest BCUT2D eigenvalue weighted by atomic mass is 9.87. The summed E-state index contributed by atoms with van der Waals surface area (Å²) in [6.07, 6.45) is 1.16. The summed E-state index contributed by atoms with van der Waals surface area (Å²) in [6.45, 7) is 6.12. The Balaban J connectivity index is 1.62. The monoisotopic (exact) mass is 420 g/mol. The van der Waals surface area contributed by atoms with Crippen LogP contribution < -0.4 is 10.2 Å². The Hall–Kier alpha value is -2.48. The first-order valence-electron chi connectivity index (χ1n) is 10.3. The second kappa shape index (κ2) is 8.34. The number of amides is 2. The normalized spacial score (nSPS) is 21.9. The Bertz CT molecular complexity index is 840. The third-order valence-corrected chi connectivity index (χ3v) is 5.54. The largest absolute Gasteiger partial charge is 0.460 e. The summed E-state index contributed by atoms with van der Waals surface area (Å²) >= 11 is 0. The van der Waals surface area contributed by atoms with Gasteiger partial charge in [-0.2, -0.15) is 0 Å². The van der Waals surface area contributed by atoms with E-state index in [1.54, 1.807) is 32.9 Å². The number of hydrogen-bond acceptors (Lipinski definition) is 6. The van der Waals surface area contributed by atoms with Crippen LogP contribution in [0.4, 0.5) is 10.1 Å². The van der Waals surface area contributed by atoms with Gasteiger partial charge in [0.2, 0.25) is 11.8 Å². The fourth-order valence-corrected chi connectivity index (χ4v) is 3.99. The van der Waals surface area contributed by atoms with E-state index >= 15 is 0 Å². The summed E-state index contributed by atoms with van der Waals surface area (Å²) in [7, 11) is 0. The average Bonchev–Trinajstić information content (AvgIpc) is 2.60. The Kier molecular flexibility index (Phi) is 6.17. The maximum atomic E-state index is 14.8. The van der Waals surface area contributed by atoms with Crippen molar-refractivity contribution in [3.05, 3.63) is 29.6 Å². The maximum Gasteiger partial charge on any atom is 0.309 e. The predicted octanol–water partition coefficient (Wildman–Crippen LogP) is 2.41. The molecule has 2 amide bonds. The molecule has 1 aromatic carbocycles. The predicted molar refractivity (Wildman–Crippen MR) is 108 cm³/mol. The van der Waals surface area contributed by atoms with E-state index in [2.05, 4.69) is 5.32 Å². The molecule has 2 heterocycles. The fraction of sp³-hybridized carbons (Fsp3) is 0.591. The average molecular weight is 420 g/mol. The molecule has 2 N–H and O–H groups in total. The van der Waals surface area contributed by atoms with Crippen LogP contribution in [0.5, 0.6) is 0 Å². The van der Waals surface area contributed by atoms with E-state index < -0.39 is 34.8 Å². The highest BCUT2D eigenvalue weighted by molar-refractivity contribution is 6.00. The Morgan fingerprint density at radius 1 is 1.30 bits per heavy atom. The molecule has 1 aromatic rings. The molecule has 1 unspecified atom stereocenters. The van der Waals surface area contributed by atoms with Crippen molar-refractivity contribution in [2.75, 3.05) is 18.0 Å². The zero-order valence-electron chi connectivity index (χ0n) is 17.7. The van der Waals surface area contributed by atoms with Crippen LogP contribution in [0.2, 0.25) is 0 Å². The fourth-order valence-electron chi connectivity index (χ4n) is 3.99. The van der Waals surface area contributed by atoms with Gasteiger partial charge in [-0.15, -0.1) is 0 Å². The third-order valence-electron chi connectivity index (χ3n) is 5.54. The van der Waals surface area contributed by atoms with Crippen molar-refractivity contribution < 1.29 is 28.6 Å². The SMILES string of the molecule is CC(C)(C)OC(=O)CC1(O)CCN(c2ccc(C3CCC(=O)NC3=O)cc2F)CC1. The number of imide groups is 1. The molecule has 0 saturated carbocycles. The molecule has 2 fully saturated rings. The molecular formula is C22H29FN2O5. The minimum Gasteiger partial charge on any atom is -0.460 e. The van der Waals surface area contributed by atoms with E-state index in [1.165, 1.54) is 6.07 Å². The summed E-state index contributed by atoms with van der Waals surface area (Å²) in [5, 5.41) is 13.0. The lowest BCUT2D eigenvalue weighted by Gasteiger charge is -2.39. The summed E-state index contributed by atoms with van der Waals surface area (Å²) in [5.74, 6) is -2.14. The zero-order valence-corrected chi connectivity index (χ0v) is 17.7. The quantitative estimate of drug-likeness (QED) is 0.574. The highest BCUT2D eigenvalue weighted by Crippen LogP contribution is 2.33. The molecule has 0 aromatic heterocycles. The molecule has 7 nitrogen and oxygen atoms in total. The molecule has 0 bridgehead atoms. The van der Waals surface area contributed by atoms with Gasteiger partial charge in [-0.3, -0.25) is 19.7 Å². The first-order chi connectivity index (χ1) is 14.0. The first-order valence-corrected chi connectivity index (χ1v) is 10.3. The molecule has 30 heavy (non-hydrogen) atoms. The van der Waals surface area contributed by atoms with E-state index in [4.69, 9.17) is 4.74 Å². The van der Waals surface area contributed by atoms with Gasteiger partial charge in [0, 0.05) is 19.5 Å². The minimum atomic E-state index is -1.16. The van der Waals surface area contributed by atoms with Crippen LogP contribution in [0.3, 0.4) is 0 Å².